The van der Waals surface area contributed by atoms with E-state index in [2.05, 4.69) is 52.1 Å². The quantitative estimate of drug-likeness (QED) is 0.0541. The van der Waals surface area contributed by atoms with Gasteiger partial charge in [0, 0.05) is 62.5 Å². The Labute approximate surface area is 402 Å². The number of cyclic esters (lactones) is 1. The van der Waals surface area contributed by atoms with Gasteiger partial charge >= 0.3 is 17.7 Å². The van der Waals surface area contributed by atoms with Crippen LogP contribution < -0.4 is 26.5 Å². The number of amides is 3. The molecular weight excluding hydrogens is 865 g/mol. The van der Waals surface area contributed by atoms with Crippen LogP contribution in [0.2, 0.25) is 0 Å². The molecule has 1 aliphatic heterocycles. The van der Waals surface area contributed by atoms with Gasteiger partial charge in [-0.2, -0.15) is 0 Å². The van der Waals surface area contributed by atoms with Gasteiger partial charge in [0.1, 0.15) is 17.4 Å². The maximum absolute atomic E-state index is 13.6. The van der Waals surface area contributed by atoms with Gasteiger partial charge in [-0.15, -0.1) is 0 Å². The van der Waals surface area contributed by atoms with Crippen LogP contribution in [0.25, 0.3) is 11.0 Å². The van der Waals surface area contributed by atoms with Crippen molar-refractivity contribution in [2.45, 2.75) is 106 Å². The normalized spacial score (nSPS) is 25.2. The summed E-state index contributed by atoms with van der Waals surface area (Å²) in [6.45, 7) is 19.0. The smallest absolute Gasteiger partial charge is 0.414 e. The molecule has 0 aliphatic carbocycles. The lowest BCUT2D eigenvalue weighted by molar-refractivity contribution is -0.144. The molecule has 0 unspecified atom stereocenters. The van der Waals surface area contributed by atoms with Crippen LogP contribution in [-0.4, -0.2) is 82.8 Å². The monoisotopic (exact) mass is 937 g/mol. The lowest BCUT2D eigenvalue weighted by atomic mass is 9.96. The Morgan fingerprint density at radius 3 is 2.32 bits per heavy atom. The third-order valence-electron chi connectivity index (χ3n) is 11.2. The van der Waals surface area contributed by atoms with E-state index in [1.807, 2.05) is 96.2 Å². The van der Waals surface area contributed by atoms with E-state index in [1.165, 1.54) is 11.6 Å². The number of nitrogens with zero attached hydrogens (tertiary/aromatic N) is 1. The van der Waals surface area contributed by atoms with Gasteiger partial charge in [0.05, 0.1) is 12.2 Å². The summed E-state index contributed by atoms with van der Waals surface area (Å²) in [5.41, 5.74) is 4.31. The lowest BCUT2D eigenvalue weighted by Gasteiger charge is -2.23. The van der Waals surface area contributed by atoms with Crippen LogP contribution in [0.15, 0.2) is 140 Å². The van der Waals surface area contributed by atoms with Crippen LogP contribution in [0.1, 0.15) is 81.6 Å². The van der Waals surface area contributed by atoms with Crippen molar-refractivity contribution in [2.24, 2.45) is 11.8 Å². The highest BCUT2D eigenvalue weighted by Crippen LogP contribution is 2.24. The van der Waals surface area contributed by atoms with Crippen LogP contribution in [0.3, 0.4) is 0 Å². The van der Waals surface area contributed by atoms with Crippen molar-refractivity contribution in [3.8, 4) is 0 Å². The van der Waals surface area contributed by atoms with Gasteiger partial charge in [0.15, 0.2) is 0 Å². The zero-order chi connectivity index (χ0) is 50.2. The molecule has 3 N–H and O–H groups in total. The summed E-state index contributed by atoms with van der Waals surface area (Å²) in [4.78, 5) is 65.9. The summed E-state index contributed by atoms with van der Waals surface area (Å²) in [6.07, 6.45) is 24.8. The molecule has 0 saturated carbocycles. The molecule has 3 amide bonds. The Kier molecular flexibility index (Phi) is 24.0. The number of allylic oxidation sites excluding steroid dienone is 11. The summed E-state index contributed by atoms with van der Waals surface area (Å²) in [7, 11) is 3.39. The van der Waals surface area contributed by atoms with Crippen LogP contribution >= 0.6 is 0 Å². The highest BCUT2D eigenvalue weighted by atomic mass is 16.6. The molecule has 68 heavy (non-hydrogen) atoms. The Bertz CT molecular complexity index is 2360. The van der Waals surface area contributed by atoms with E-state index in [0.29, 0.717) is 22.1 Å². The fourth-order valence-corrected chi connectivity index (χ4v) is 7.17. The van der Waals surface area contributed by atoms with Gasteiger partial charge in [-0.1, -0.05) is 110 Å². The maximum atomic E-state index is 13.6. The van der Waals surface area contributed by atoms with Crippen LogP contribution in [0, 0.1) is 11.8 Å². The number of methoxy groups -OCH3 is 2. The Hall–Kier alpha value is -6.51. The molecule has 0 bridgehead atoms. The number of benzene rings is 1. The molecule has 6 atom stereocenters. The summed E-state index contributed by atoms with van der Waals surface area (Å²) in [5.74, 6) is -1.57. The third kappa shape index (κ3) is 19.0. The van der Waals surface area contributed by atoms with Crippen molar-refractivity contribution < 1.29 is 42.5 Å². The second-order valence-corrected chi connectivity index (χ2v) is 16.8. The number of hydrogen-bond donors (Lipinski definition) is 3. The van der Waals surface area contributed by atoms with Gasteiger partial charge in [0.25, 0.3) is 12.1 Å². The summed E-state index contributed by atoms with van der Waals surface area (Å²) >= 11 is 0. The molecule has 2 aromatic rings. The van der Waals surface area contributed by atoms with E-state index in [-0.39, 0.29) is 42.7 Å². The second-order valence-electron chi connectivity index (χ2n) is 16.8. The number of esters is 1. The van der Waals surface area contributed by atoms with E-state index in [4.69, 9.17) is 23.4 Å². The van der Waals surface area contributed by atoms with Gasteiger partial charge in [-0.05, 0) is 97.4 Å². The molecule has 1 aromatic carbocycles. The van der Waals surface area contributed by atoms with Crippen molar-refractivity contribution in [3.63, 3.8) is 0 Å². The largest absolute Gasteiger partial charge is 0.454 e. The zero-order valence-corrected chi connectivity index (χ0v) is 41.6. The van der Waals surface area contributed by atoms with E-state index in [0.717, 1.165) is 49.2 Å². The lowest BCUT2D eigenvalue weighted by Crippen LogP contribution is -2.47. The molecule has 0 fully saturated rings. The minimum atomic E-state index is -1.72. The standard InChI is InChI=1S/C54H72N4O10/c1-12-58(13-2)44-29-28-43-32-47(53(62)66-48(43)33-44)57-54(63)68-51(56-35-59)50(60)55-34-39(6)26-27-41(8)49-40(7)20-14-15-21-45(64-10)22-16-18-36(3)19-17-23-46(65-11)31-38(5)25-24-37(4)30-42(9)52(61)67-49/h14-15,17-21,24-33,35,37,40,45-46,49,51H,12-13,16,22-23,34H2,1-11H3,(H,55,60)(H,56,59)(H,57,63)/b19-17+,20-14+,21-15+,25-24+,36-18-,38-31+,39-26+,41-27+,42-30+/t37-,40+,45-,46+,49+,51+/m1/s1. The first kappa shape index (κ1) is 55.8. The number of carbonyl (C=O) groups excluding carboxylic acids is 4. The van der Waals surface area contributed by atoms with Gasteiger partial charge in [-0.25, -0.2) is 14.4 Å². The summed E-state index contributed by atoms with van der Waals surface area (Å²) in [6, 6.07) is 6.84. The first-order valence-corrected chi connectivity index (χ1v) is 23.1. The Morgan fingerprint density at radius 1 is 0.912 bits per heavy atom. The molecule has 1 aliphatic rings. The van der Waals surface area contributed by atoms with E-state index < -0.39 is 35.9 Å². The number of hydrogen-bond acceptors (Lipinski definition) is 11. The second kappa shape index (κ2) is 29.3. The van der Waals surface area contributed by atoms with Gasteiger partial charge < -0.3 is 38.9 Å². The molecule has 14 heteroatoms. The molecule has 2 heterocycles. The average molecular weight is 937 g/mol. The molecular formula is C54H72N4O10. The third-order valence-corrected chi connectivity index (χ3v) is 11.2. The maximum Gasteiger partial charge on any atom is 0.414 e. The van der Waals surface area contributed by atoms with Crippen LogP contribution in [0.5, 0.6) is 0 Å². The van der Waals surface area contributed by atoms with Crippen molar-refractivity contribution in [3.05, 3.63) is 142 Å². The summed E-state index contributed by atoms with van der Waals surface area (Å²) in [5, 5.41) is 7.69. The molecule has 368 valence electrons. The fraction of sp³-hybridized carbons (Fsp3) is 0.426. The highest BCUT2D eigenvalue weighted by Gasteiger charge is 2.25. The number of anilines is 2. The molecule has 3 rings (SSSR count). The zero-order valence-electron chi connectivity index (χ0n) is 41.6. The van der Waals surface area contributed by atoms with Gasteiger partial charge in [-0.3, -0.25) is 14.9 Å². The molecule has 0 radical (unpaired) electrons. The predicted molar refractivity (Wildman–Crippen MR) is 271 cm³/mol. The molecule has 0 spiro atoms. The first-order valence-electron chi connectivity index (χ1n) is 23.1. The predicted octanol–water partition coefficient (Wildman–Crippen LogP) is 9.73. The average Bonchev–Trinajstić information content (AvgIpc) is 3.31. The minimum Gasteiger partial charge on any atom is -0.454 e. The summed E-state index contributed by atoms with van der Waals surface area (Å²) < 4.78 is 28.3. The molecule has 1 aromatic heterocycles. The van der Waals surface area contributed by atoms with Crippen molar-refractivity contribution in [1.29, 1.82) is 0 Å². The first-order chi connectivity index (χ1) is 32.5. The van der Waals surface area contributed by atoms with Gasteiger partial charge in [0.2, 0.25) is 6.41 Å². The topological polar surface area (TPSA) is 175 Å². The van der Waals surface area contributed by atoms with E-state index >= 15 is 0 Å². The number of nitrogens with one attached hydrogen (secondary N) is 3. The number of rotatable bonds is 14. The minimum absolute atomic E-state index is 0.0137. The fourth-order valence-electron chi connectivity index (χ4n) is 7.17. The molecule has 14 nitrogen and oxygen atoms in total. The SMILES string of the molecule is CCN(CC)c1ccc2cc(NC(=O)O[C@H](NC=O)C(=O)NC/C(C)=C/C=C(\C)[C@H]3OC(=O)/C(C)=C/[C@H](C)/C=C/C(C)=C/[C@@H](OC)C/C=C/C(C)=C\CC[C@H](OC)/C=C/C=C/[C@@H]3C)c(=O)oc2c1. The number of fused-ring (bicyclic) bond motifs is 1. The van der Waals surface area contributed by atoms with E-state index in [1.54, 1.807) is 46.3 Å². The van der Waals surface area contributed by atoms with Crippen molar-refractivity contribution in [2.75, 3.05) is 44.1 Å². The Balaban J connectivity index is 1.78. The van der Waals surface area contributed by atoms with E-state index in [9.17, 15) is 24.0 Å². The molecule has 0 saturated heterocycles. The Morgan fingerprint density at radius 2 is 1.63 bits per heavy atom. The van der Waals surface area contributed by atoms with Crippen molar-refractivity contribution >= 4 is 46.7 Å². The van der Waals surface area contributed by atoms with Crippen LogP contribution in [-0.2, 0) is 33.3 Å². The number of carbonyl (C=O) groups is 4. The van der Waals surface area contributed by atoms with Crippen molar-refractivity contribution in [1.82, 2.24) is 10.6 Å². The highest BCUT2D eigenvalue weighted by molar-refractivity contribution is 5.91. The number of ether oxygens (including phenoxy) is 4. The van der Waals surface area contributed by atoms with Crippen LogP contribution in [0.4, 0.5) is 16.2 Å².